The minimum absolute atomic E-state index is 0.0363. The van der Waals surface area contributed by atoms with Crippen LogP contribution in [0.1, 0.15) is 36.6 Å². The summed E-state index contributed by atoms with van der Waals surface area (Å²) < 4.78 is 10.8. The summed E-state index contributed by atoms with van der Waals surface area (Å²) in [5, 5.41) is 1.59. The maximum atomic E-state index is 13.6. The Morgan fingerprint density at radius 2 is 1.50 bits per heavy atom. The first-order valence-corrected chi connectivity index (χ1v) is 13.5. The topological polar surface area (TPSA) is 79.4 Å². The molecule has 40 heavy (non-hydrogen) atoms. The number of amides is 3. The molecule has 3 amide bonds. The highest BCUT2D eigenvalue weighted by Gasteiger charge is 2.34. The summed E-state index contributed by atoms with van der Waals surface area (Å²) in [6, 6.07) is 24.5. The fraction of sp³-hybridized carbons (Fsp3) is 0.219. The average molecular weight is 534 g/mol. The summed E-state index contributed by atoms with van der Waals surface area (Å²) in [5.41, 5.74) is 3.71. The van der Waals surface area contributed by atoms with Crippen molar-refractivity contribution in [3.63, 3.8) is 0 Å². The van der Waals surface area contributed by atoms with Crippen LogP contribution in [0.5, 0.6) is 11.5 Å². The Kier molecular flexibility index (Phi) is 5.88. The predicted octanol–water partition coefficient (Wildman–Crippen LogP) is 4.37. The number of benzene rings is 4. The van der Waals surface area contributed by atoms with E-state index < -0.39 is 0 Å². The summed E-state index contributed by atoms with van der Waals surface area (Å²) in [4.78, 5) is 45.5. The predicted molar refractivity (Wildman–Crippen MR) is 150 cm³/mol. The number of piperazine rings is 1. The minimum Gasteiger partial charge on any atom is -0.454 e. The third kappa shape index (κ3) is 4.04. The normalized spacial score (nSPS) is 16.1. The van der Waals surface area contributed by atoms with Crippen molar-refractivity contribution < 1.29 is 23.9 Å². The Balaban J connectivity index is 1.11. The van der Waals surface area contributed by atoms with Gasteiger partial charge in [-0.05, 0) is 54.4 Å². The number of hydrogen-bond acceptors (Lipinski definition) is 6. The lowest BCUT2D eigenvalue weighted by Gasteiger charge is -2.37. The van der Waals surface area contributed by atoms with E-state index in [-0.39, 0.29) is 31.1 Å². The Morgan fingerprint density at radius 1 is 0.750 bits per heavy atom. The average Bonchev–Trinajstić information content (AvgIpc) is 3.48. The van der Waals surface area contributed by atoms with E-state index in [1.54, 1.807) is 6.07 Å². The van der Waals surface area contributed by atoms with Crippen molar-refractivity contribution >= 4 is 34.2 Å². The molecule has 0 bridgehead atoms. The van der Waals surface area contributed by atoms with E-state index >= 15 is 0 Å². The maximum Gasteiger partial charge on any atom is 0.261 e. The molecule has 3 heterocycles. The molecule has 7 rings (SSSR count). The van der Waals surface area contributed by atoms with Gasteiger partial charge in [0.15, 0.2) is 11.5 Å². The van der Waals surface area contributed by atoms with Gasteiger partial charge in [0.2, 0.25) is 6.79 Å². The fourth-order valence-electron chi connectivity index (χ4n) is 5.86. The molecule has 4 aromatic rings. The zero-order valence-corrected chi connectivity index (χ0v) is 21.8. The van der Waals surface area contributed by atoms with Gasteiger partial charge in [-0.3, -0.25) is 19.3 Å². The second-order valence-corrected chi connectivity index (χ2v) is 10.2. The number of carbonyl (C=O) groups excluding carboxylic acids is 3. The Morgan fingerprint density at radius 3 is 2.30 bits per heavy atom. The van der Waals surface area contributed by atoms with Gasteiger partial charge in [-0.2, -0.15) is 0 Å². The van der Waals surface area contributed by atoms with Crippen molar-refractivity contribution in [3.8, 4) is 11.5 Å². The Labute approximate surface area is 231 Å². The molecule has 1 saturated heterocycles. The lowest BCUT2D eigenvalue weighted by Crippen LogP contribution is -2.49. The highest BCUT2D eigenvalue weighted by molar-refractivity contribution is 6.26. The standard InChI is InChI=1S/C32H27N3O5/c36-30(22-5-2-1-3-6-22)34-17-15-33(16-18-34)26-11-10-25-29-23(26)7-4-8-24(29)31(37)35(32(25)38)14-13-21-9-12-27-28(19-21)40-20-39-27/h1-12,19H,13-18,20H2. The van der Waals surface area contributed by atoms with Crippen LogP contribution in [0.3, 0.4) is 0 Å². The van der Waals surface area contributed by atoms with E-state index in [4.69, 9.17) is 9.47 Å². The van der Waals surface area contributed by atoms with Gasteiger partial charge in [0.05, 0.1) is 0 Å². The molecule has 4 aromatic carbocycles. The number of hydrogen-bond donors (Lipinski definition) is 0. The number of imide groups is 1. The summed E-state index contributed by atoms with van der Waals surface area (Å²) in [7, 11) is 0. The number of rotatable bonds is 5. The van der Waals surface area contributed by atoms with Crippen LogP contribution in [0.25, 0.3) is 10.8 Å². The summed E-state index contributed by atoms with van der Waals surface area (Å²) in [6.07, 6.45) is 0.517. The number of carbonyl (C=O) groups is 3. The minimum atomic E-state index is -0.278. The summed E-state index contributed by atoms with van der Waals surface area (Å²) >= 11 is 0. The van der Waals surface area contributed by atoms with Gasteiger partial charge in [0.1, 0.15) is 0 Å². The van der Waals surface area contributed by atoms with Crippen molar-refractivity contribution in [2.75, 3.05) is 44.4 Å². The second kappa shape index (κ2) is 9.72. The molecule has 0 aliphatic carbocycles. The van der Waals surface area contributed by atoms with Crippen molar-refractivity contribution in [1.29, 1.82) is 0 Å². The van der Waals surface area contributed by atoms with E-state index in [0.29, 0.717) is 66.2 Å². The molecule has 0 N–H and O–H groups in total. The molecule has 0 radical (unpaired) electrons. The maximum absolute atomic E-state index is 13.6. The third-order valence-electron chi connectivity index (χ3n) is 7.96. The van der Waals surface area contributed by atoms with E-state index in [2.05, 4.69) is 4.90 Å². The van der Waals surface area contributed by atoms with Crippen molar-refractivity contribution in [2.45, 2.75) is 6.42 Å². The number of nitrogens with zero attached hydrogens (tertiary/aromatic N) is 3. The summed E-state index contributed by atoms with van der Waals surface area (Å²) in [6.45, 7) is 3.00. The van der Waals surface area contributed by atoms with Crippen LogP contribution in [0.2, 0.25) is 0 Å². The Bertz CT molecular complexity index is 1640. The van der Waals surface area contributed by atoms with Gasteiger partial charge < -0.3 is 19.3 Å². The van der Waals surface area contributed by atoms with Crippen molar-refractivity contribution in [2.24, 2.45) is 0 Å². The zero-order chi connectivity index (χ0) is 27.2. The lowest BCUT2D eigenvalue weighted by molar-refractivity contribution is 0.0611. The molecule has 0 spiro atoms. The highest BCUT2D eigenvalue weighted by Crippen LogP contribution is 2.37. The molecule has 0 aromatic heterocycles. The van der Waals surface area contributed by atoms with Crippen LogP contribution in [0.15, 0.2) is 78.9 Å². The van der Waals surface area contributed by atoms with Gasteiger partial charge in [-0.25, -0.2) is 0 Å². The van der Waals surface area contributed by atoms with E-state index in [1.807, 2.05) is 77.7 Å². The number of anilines is 1. The van der Waals surface area contributed by atoms with Crippen molar-refractivity contribution in [1.82, 2.24) is 9.80 Å². The molecule has 3 aliphatic rings. The monoisotopic (exact) mass is 533 g/mol. The van der Waals surface area contributed by atoms with Crippen LogP contribution < -0.4 is 14.4 Å². The van der Waals surface area contributed by atoms with E-state index in [9.17, 15) is 14.4 Å². The first-order chi connectivity index (χ1) is 19.6. The fourth-order valence-corrected chi connectivity index (χ4v) is 5.86. The van der Waals surface area contributed by atoms with Crippen LogP contribution in [0.4, 0.5) is 5.69 Å². The van der Waals surface area contributed by atoms with Gasteiger partial charge in [-0.1, -0.05) is 36.4 Å². The SMILES string of the molecule is O=C(c1ccccc1)N1CCN(c2ccc3c4c(cccc24)C(=O)N(CCc2ccc4c(c2)OCO4)C3=O)CC1. The third-order valence-corrected chi connectivity index (χ3v) is 7.96. The van der Waals surface area contributed by atoms with Gasteiger partial charge >= 0.3 is 0 Å². The molecule has 0 atom stereocenters. The zero-order valence-electron chi connectivity index (χ0n) is 21.8. The molecule has 0 unspecified atom stereocenters. The smallest absolute Gasteiger partial charge is 0.261 e. The molecule has 0 saturated carbocycles. The molecule has 8 heteroatoms. The number of fused-ring (bicyclic) bond motifs is 1. The molecule has 3 aliphatic heterocycles. The molecule has 1 fully saturated rings. The van der Waals surface area contributed by atoms with Crippen LogP contribution >= 0.6 is 0 Å². The first kappa shape index (κ1) is 24.2. The molecule has 200 valence electrons. The molecule has 8 nitrogen and oxygen atoms in total. The first-order valence-electron chi connectivity index (χ1n) is 13.5. The molecular formula is C32H27N3O5. The van der Waals surface area contributed by atoms with Gasteiger partial charge in [0.25, 0.3) is 17.7 Å². The Hall–Kier alpha value is -4.85. The van der Waals surface area contributed by atoms with Gasteiger partial charge in [0, 0.05) is 65.9 Å². The second-order valence-electron chi connectivity index (χ2n) is 10.2. The van der Waals surface area contributed by atoms with E-state index in [0.717, 1.165) is 16.6 Å². The van der Waals surface area contributed by atoms with Crippen LogP contribution in [-0.2, 0) is 6.42 Å². The van der Waals surface area contributed by atoms with Crippen molar-refractivity contribution in [3.05, 3.63) is 101 Å². The largest absolute Gasteiger partial charge is 0.454 e. The number of ether oxygens (including phenoxy) is 2. The van der Waals surface area contributed by atoms with E-state index in [1.165, 1.54) is 4.90 Å². The van der Waals surface area contributed by atoms with Crippen LogP contribution in [0, 0.1) is 0 Å². The van der Waals surface area contributed by atoms with Gasteiger partial charge in [-0.15, -0.1) is 0 Å². The molecular weight excluding hydrogens is 506 g/mol. The quantitative estimate of drug-likeness (QED) is 0.355. The lowest BCUT2D eigenvalue weighted by atomic mass is 9.92. The highest BCUT2D eigenvalue weighted by atomic mass is 16.7. The summed E-state index contributed by atoms with van der Waals surface area (Å²) in [5.74, 6) is 0.865. The van der Waals surface area contributed by atoms with Crippen LogP contribution in [-0.4, -0.2) is 67.0 Å².